The van der Waals surface area contributed by atoms with Gasteiger partial charge in [0.1, 0.15) is 17.3 Å². The number of carbonyl (C=O) groups excluding carboxylic acids is 2. The summed E-state index contributed by atoms with van der Waals surface area (Å²) in [5, 5.41) is 11.5. The molecule has 0 saturated carbocycles. The van der Waals surface area contributed by atoms with Crippen molar-refractivity contribution in [3.8, 4) is 5.75 Å². The number of nitrogens with zero attached hydrogens (tertiary/aromatic N) is 1. The highest BCUT2D eigenvalue weighted by molar-refractivity contribution is 7.46. The summed E-state index contributed by atoms with van der Waals surface area (Å²) >= 11 is 0. The molecule has 53 heavy (non-hydrogen) atoms. The quantitative estimate of drug-likeness (QED) is 0.0295. The molecular formula is C41H66N3O8P. The third-order valence-corrected chi connectivity index (χ3v) is 10.6. The molecule has 0 saturated heterocycles. The molecule has 0 aliphatic rings. The Bertz CT molecular complexity index is 1390. The maximum absolute atomic E-state index is 13.9. The van der Waals surface area contributed by atoms with Crippen LogP contribution >= 0.6 is 7.82 Å². The van der Waals surface area contributed by atoms with Crippen LogP contribution < -0.4 is 15.7 Å². The standard InChI is InChI=1S/C41H66N3O8P/c1-4-5-6-7-8-9-10-11-12-13-14-15-16-20-32-43-44(38(45)30-27-36-25-28-37(29-26-36)52-53(49,50)51)34(3)39(46)33(2)41(42,40(47)48)31-21-24-35-22-18-17-19-23-35/h17-19,22-23,25-26,28-29,33-34,43H,4-16,20-21,24,27,30-32,42H2,1-3H3,(H,47,48)(H2,49,50,51). The number of carboxylic acid groups (broad SMARTS) is 1. The molecule has 12 heteroatoms. The average molecular weight is 760 g/mol. The van der Waals surface area contributed by atoms with Crippen molar-refractivity contribution in [2.75, 3.05) is 6.54 Å². The SMILES string of the molecule is CCCCCCCCCCCCCCCCNN(C(=O)CCc1ccc(OP(=O)(O)O)cc1)C(C)C(=O)C(C)C(N)(CCCc1ccccc1)C(=O)O. The van der Waals surface area contributed by atoms with E-state index in [2.05, 4.69) is 16.9 Å². The van der Waals surface area contributed by atoms with Crippen LogP contribution in [0.25, 0.3) is 0 Å². The molecule has 0 aromatic heterocycles. The lowest BCUT2D eigenvalue weighted by Crippen LogP contribution is -2.60. The Labute approximate surface area is 317 Å². The summed E-state index contributed by atoms with van der Waals surface area (Å²) in [6, 6.07) is 14.8. The molecule has 11 nitrogen and oxygen atoms in total. The van der Waals surface area contributed by atoms with E-state index in [1.165, 1.54) is 94.7 Å². The number of Topliss-reactive ketones (excluding diaryl/α,β-unsaturated/α-hetero) is 1. The third-order valence-electron chi connectivity index (χ3n) is 10.2. The second-order valence-corrected chi connectivity index (χ2v) is 15.6. The van der Waals surface area contributed by atoms with Crippen molar-refractivity contribution >= 4 is 25.5 Å². The van der Waals surface area contributed by atoms with E-state index in [0.29, 0.717) is 25.8 Å². The van der Waals surface area contributed by atoms with Gasteiger partial charge in [-0.25, -0.2) is 9.99 Å². The van der Waals surface area contributed by atoms with Crippen LogP contribution in [-0.4, -0.2) is 55.7 Å². The van der Waals surface area contributed by atoms with Gasteiger partial charge < -0.3 is 15.4 Å². The van der Waals surface area contributed by atoms with Gasteiger partial charge in [-0.2, -0.15) is 0 Å². The number of phosphoric acid groups is 1. The predicted octanol–water partition coefficient (Wildman–Crippen LogP) is 8.30. The highest BCUT2D eigenvalue weighted by Gasteiger charge is 2.45. The van der Waals surface area contributed by atoms with E-state index in [1.54, 1.807) is 19.1 Å². The summed E-state index contributed by atoms with van der Waals surface area (Å²) in [6.45, 7) is 5.87. The molecule has 2 aromatic carbocycles. The van der Waals surface area contributed by atoms with Gasteiger partial charge in [0.05, 0.1) is 0 Å². The molecule has 298 valence electrons. The Morgan fingerprint density at radius 1 is 0.774 bits per heavy atom. The molecule has 0 radical (unpaired) electrons. The average Bonchev–Trinajstić information content (AvgIpc) is 3.13. The van der Waals surface area contributed by atoms with Crippen molar-refractivity contribution in [1.82, 2.24) is 10.4 Å². The van der Waals surface area contributed by atoms with Crippen molar-refractivity contribution in [2.45, 2.75) is 154 Å². The smallest absolute Gasteiger partial charge is 0.480 e. The summed E-state index contributed by atoms with van der Waals surface area (Å²) in [5.41, 5.74) is 9.65. The molecule has 1 amide bonds. The number of hydrogen-bond acceptors (Lipinski definition) is 7. The lowest BCUT2D eigenvalue weighted by atomic mass is 9.77. The molecule has 0 heterocycles. The molecule has 2 rings (SSSR count). The molecule has 0 fully saturated rings. The van der Waals surface area contributed by atoms with Crippen LogP contribution in [0.15, 0.2) is 54.6 Å². The minimum Gasteiger partial charge on any atom is -0.480 e. The molecule has 3 atom stereocenters. The highest BCUT2D eigenvalue weighted by Crippen LogP contribution is 2.37. The van der Waals surface area contributed by atoms with Gasteiger partial charge in [0.15, 0.2) is 5.78 Å². The molecule has 6 N–H and O–H groups in total. The van der Waals surface area contributed by atoms with Crippen LogP contribution in [0, 0.1) is 5.92 Å². The fourth-order valence-corrected chi connectivity index (χ4v) is 7.06. The van der Waals surface area contributed by atoms with E-state index in [4.69, 9.17) is 15.5 Å². The number of rotatable bonds is 30. The van der Waals surface area contributed by atoms with E-state index in [0.717, 1.165) is 30.4 Å². The number of ketones is 1. The number of benzene rings is 2. The largest absolute Gasteiger partial charge is 0.524 e. The number of nitrogens with two attached hydrogens (primary N) is 1. The van der Waals surface area contributed by atoms with E-state index in [9.17, 15) is 24.1 Å². The molecule has 0 aliphatic carbocycles. The van der Waals surface area contributed by atoms with Crippen molar-refractivity contribution in [3.05, 3.63) is 65.7 Å². The van der Waals surface area contributed by atoms with Gasteiger partial charge in [-0.05, 0) is 62.3 Å². The zero-order valence-electron chi connectivity index (χ0n) is 32.3. The van der Waals surface area contributed by atoms with E-state index in [1.807, 2.05) is 30.3 Å². The van der Waals surface area contributed by atoms with Gasteiger partial charge >= 0.3 is 13.8 Å². The minimum atomic E-state index is -4.69. The number of carboxylic acids is 1. The van der Waals surface area contributed by atoms with Crippen molar-refractivity contribution in [2.24, 2.45) is 11.7 Å². The van der Waals surface area contributed by atoms with Gasteiger partial charge in [-0.15, -0.1) is 0 Å². The lowest BCUT2D eigenvalue weighted by Gasteiger charge is -2.35. The first kappa shape index (κ1) is 46.1. The zero-order chi connectivity index (χ0) is 39.1. The lowest BCUT2D eigenvalue weighted by molar-refractivity contribution is -0.152. The number of aryl methyl sites for hydroxylation is 2. The van der Waals surface area contributed by atoms with Crippen LogP contribution in [0.5, 0.6) is 5.75 Å². The van der Waals surface area contributed by atoms with Crippen LogP contribution in [0.3, 0.4) is 0 Å². The number of hydrogen-bond donors (Lipinski definition) is 5. The third kappa shape index (κ3) is 18.2. The number of carbonyl (C=O) groups is 3. The number of nitrogens with one attached hydrogen (secondary N) is 1. The monoisotopic (exact) mass is 759 g/mol. The predicted molar refractivity (Wildman–Crippen MR) is 210 cm³/mol. The van der Waals surface area contributed by atoms with Crippen LogP contribution in [0.2, 0.25) is 0 Å². The summed E-state index contributed by atoms with van der Waals surface area (Å²) in [7, 11) is -4.69. The molecular weight excluding hydrogens is 693 g/mol. The first-order valence-corrected chi connectivity index (χ1v) is 21.3. The van der Waals surface area contributed by atoms with Crippen LogP contribution in [-0.2, 0) is 31.8 Å². The Morgan fingerprint density at radius 2 is 1.28 bits per heavy atom. The Kier molecular flexibility index (Phi) is 21.8. The molecule has 2 aromatic rings. The van der Waals surface area contributed by atoms with E-state index in [-0.39, 0.29) is 24.5 Å². The van der Waals surface area contributed by atoms with Gasteiger partial charge in [0.2, 0.25) is 5.91 Å². The zero-order valence-corrected chi connectivity index (χ0v) is 33.2. The van der Waals surface area contributed by atoms with Crippen molar-refractivity contribution in [1.29, 1.82) is 0 Å². The first-order chi connectivity index (χ1) is 25.3. The Morgan fingerprint density at radius 3 is 1.79 bits per heavy atom. The normalized spacial score (nSPS) is 13.9. The molecule has 0 spiro atoms. The molecule has 0 aliphatic heterocycles. The topological polar surface area (TPSA) is 179 Å². The summed E-state index contributed by atoms with van der Waals surface area (Å²) in [4.78, 5) is 58.2. The second-order valence-electron chi connectivity index (χ2n) is 14.5. The van der Waals surface area contributed by atoms with Crippen LogP contribution in [0.1, 0.15) is 141 Å². The summed E-state index contributed by atoms with van der Waals surface area (Å²) < 4.78 is 15.8. The van der Waals surface area contributed by atoms with Gasteiger partial charge in [0.25, 0.3) is 0 Å². The van der Waals surface area contributed by atoms with Crippen molar-refractivity contribution in [3.63, 3.8) is 0 Å². The fourth-order valence-electron chi connectivity index (χ4n) is 6.67. The molecule has 0 bridgehead atoms. The number of hydrazine groups is 1. The second kappa shape index (κ2) is 25.1. The van der Waals surface area contributed by atoms with Gasteiger partial charge in [-0.3, -0.25) is 29.2 Å². The van der Waals surface area contributed by atoms with Crippen molar-refractivity contribution < 1.29 is 38.4 Å². The first-order valence-electron chi connectivity index (χ1n) is 19.8. The summed E-state index contributed by atoms with van der Waals surface area (Å²) in [6.07, 6.45) is 18.7. The van der Waals surface area contributed by atoms with Gasteiger partial charge in [-0.1, -0.05) is 140 Å². The van der Waals surface area contributed by atoms with Gasteiger partial charge in [0, 0.05) is 18.9 Å². The number of phosphoric ester groups is 1. The number of unbranched alkanes of at least 4 members (excludes halogenated alkanes) is 13. The van der Waals surface area contributed by atoms with E-state index >= 15 is 0 Å². The maximum atomic E-state index is 13.9. The van der Waals surface area contributed by atoms with Crippen LogP contribution in [0.4, 0.5) is 0 Å². The molecule has 3 unspecified atom stereocenters. The minimum absolute atomic E-state index is 0.00513. The Balaban J connectivity index is 1.97. The summed E-state index contributed by atoms with van der Waals surface area (Å²) in [5.74, 6) is -3.08. The number of amides is 1. The fraction of sp³-hybridized carbons (Fsp3) is 0.634. The highest BCUT2D eigenvalue weighted by atomic mass is 31.2. The maximum Gasteiger partial charge on any atom is 0.524 e. The Hall–Kier alpha value is -3.08. The van der Waals surface area contributed by atoms with E-state index < -0.39 is 37.1 Å². The number of aliphatic carboxylic acids is 1.